The Morgan fingerprint density at radius 1 is 1.36 bits per heavy atom. The highest BCUT2D eigenvalue weighted by molar-refractivity contribution is 5.90. The molecule has 0 aromatic carbocycles. The Kier molecular flexibility index (Phi) is 4.17. The van der Waals surface area contributed by atoms with Crippen LogP contribution >= 0.6 is 0 Å². The van der Waals surface area contributed by atoms with Gasteiger partial charge in [-0.3, -0.25) is 9.36 Å². The van der Waals surface area contributed by atoms with E-state index < -0.39 is 0 Å². The second-order valence-electron chi connectivity index (χ2n) is 3.52. The lowest BCUT2D eigenvalue weighted by molar-refractivity contribution is 0.0968. The molecule has 0 saturated carbocycles. The van der Waals surface area contributed by atoms with Crippen LogP contribution in [0.2, 0.25) is 0 Å². The van der Waals surface area contributed by atoms with Crippen LogP contribution in [0.5, 0.6) is 0 Å². The average molecular weight is 191 g/mol. The van der Waals surface area contributed by atoms with Gasteiger partial charge in [-0.1, -0.05) is 18.9 Å². The number of hydrogen-bond donors (Lipinski definition) is 0. The van der Waals surface area contributed by atoms with Gasteiger partial charge in [0.05, 0.1) is 0 Å². The normalized spacial score (nSPS) is 11.7. The highest BCUT2D eigenvalue weighted by Gasteiger charge is 1.99. The topological polar surface area (TPSA) is 22.0 Å². The summed E-state index contributed by atoms with van der Waals surface area (Å²) in [4.78, 5) is 11.6. The maximum absolute atomic E-state index is 11.6. The molecule has 0 aliphatic carbocycles. The van der Waals surface area contributed by atoms with Crippen LogP contribution < -0.4 is 0 Å². The van der Waals surface area contributed by atoms with Crippen LogP contribution in [0.1, 0.15) is 37.9 Å². The first-order valence-corrected chi connectivity index (χ1v) is 5.08. The summed E-state index contributed by atoms with van der Waals surface area (Å²) < 4.78 is 1.59. The van der Waals surface area contributed by atoms with E-state index in [0.29, 0.717) is 0 Å². The molecule has 1 aromatic rings. The van der Waals surface area contributed by atoms with Crippen LogP contribution in [0.3, 0.4) is 0 Å². The highest BCUT2D eigenvalue weighted by Crippen LogP contribution is 2.06. The van der Waals surface area contributed by atoms with Crippen molar-refractivity contribution in [3.05, 3.63) is 36.2 Å². The third kappa shape index (κ3) is 3.21. The van der Waals surface area contributed by atoms with E-state index in [2.05, 4.69) is 6.92 Å². The van der Waals surface area contributed by atoms with Crippen molar-refractivity contribution in [2.24, 2.45) is 0 Å². The largest absolute Gasteiger partial charge is 0.291 e. The number of hydrogen-bond acceptors (Lipinski definition) is 1. The van der Waals surface area contributed by atoms with E-state index in [1.165, 1.54) is 6.42 Å². The number of rotatable bonds is 4. The number of aromatic nitrogens is 1. The van der Waals surface area contributed by atoms with Gasteiger partial charge in [0.15, 0.2) is 0 Å². The number of nitrogens with zero attached hydrogens (tertiary/aromatic N) is 1. The molecule has 14 heavy (non-hydrogen) atoms. The molecule has 0 aliphatic rings. The second-order valence-corrected chi connectivity index (χ2v) is 3.52. The van der Waals surface area contributed by atoms with Gasteiger partial charge in [-0.25, -0.2) is 0 Å². The fourth-order valence-corrected chi connectivity index (χ4v) is 1.29. The summed E-state index contributed by atoms with van der Waals surface area (Å²) in [7, 11) is 0. The molecule has 2 heteroatoms. The zero-order valence-electron chi connectivity index (χ0n) is 8.86. The molecule has 0 unspecified atom stereocenters. The Balaban J connectivity index is 2.54. The summed E-state index contributed by atoms with van der Waals surface area (Å²) in [6.45, 7) is 4.16. The first-order chi connectivity index (χ1) is 6.74. The monoisotopic (exact) mass is 191 g/mol. The minimum atomic E-state index is 0.0450. The van der Waals surface area contributed by atoms with Gasteiger partial charge in [0.2, 0.25) is 0 Å². The van der Waals surface area contributed by atoms with Gasteiger partial charge in [-0.15, -0.1) is 0 Å². The summed E-state index contributed by atoms with van der Waals surface area (Å²) in [5.41, 5.74) is 1.16. The molecule has 0 bridgehead atoms. The predicted molar refractivity (Wildman–Crippen MR) is 58.3 cm³/mol. The smallest absolute Gasteiger partial charge is 0.254 e. The Morgan fingerprint density at radius 2 is 2.00 bits per heavy atom. The summed E-state index contributed by atoms with van der Waals surface area (Å²) in [6, 6.07) is 3.71. The summed E-state index contributed by atoms with van der Waals surface area (Å²) in [6.07, 6.45) is 8.60. The van der Waals surface area contributed by atoms with Crippen molar-refractivity contribution in [3.8, 4) is 0 Å². The third-order valence-corrected chi connectivity index (χ3v) is 2.15. The Bertz CT molecular complexity index is 309. The first kappa shape index (κ1) is 10.8. The van der Waals surface area contributed by atoms with E-state index in [-0.39, 0.29) is 5.91 Å². The van der Waals surface area contributed by atoms with Gasteiger partial charge < -0.3 is 0 Å². The van der Waals surface area contributed by atoms with E-state index in [4.69, 9.17) is 0 Å². The van der Waals surface area contributed by atoms with Crippen LogP contribution in [0, 0.1) is 0 Å². The Labute approximate surface area is 85.2 Å². The molecule has 1 aromatic heterocycles. The zero-order chi connectivity index (χ0) is 10.4. The molecule has 0 amide bonds. The van der Waals surface area contributed by atoms with Crippen molar-refractivity contribution < 1.29 is 4.79 Å². The molecule has 1 rings (SSSR count). The molecule has 0 atom stereocenters. The number of carbonyl (C=O) groups excluding carboxylic acids is 1. The lowest BCUT2D eigenvalue weighted by atomic mass is 10.1. The minimum absolute atomic E-state index is 0.0450. The van der Waals surface area contributed by atoms with Crippen LogP contribution in [-0.2, 0) is 0 Å². The second kappa shape index (κ2) is 5.43. The number of carbonyl (C=O) groups is 1. The van der Waals surface area contributed by atoms with Crippen LogP contribution in [0.4, 0.5) is 0 Å². The Morgan fingerprint density at radius 3 is 2.57 bits per heavy atom. The Hall–Kier alpha value is -1.31. The molecule has 1 heterocycles. The molecule has 76 valence electrons. The average Bonchev–Trinajstić information content (AvgIpc) is 2.67. The molecule has 0 spiro atoms. The van der Waals surface area contributed by atoms with E-state index in [0.717, 1.165) is 18.4 Å². The van der Waals surface area contributed by atoms with E-state index in [1.807, 2.05) is 19.1 Å². The molecule has 0 aliphatic heterocycles. The fraction of sp³-hybridized carbons (Fsp3) is 0.417. The lowest BCUT2D eigenvalue weighted by Gasteiger charge is -2.00. The van der Waals surface area contributed by atoms with E-state index in [9.17, 15) is 4.79 Å². The standard InChI is InChI=1S/C12H17NO/c1-3-4-7-11(2)10-12(14)13-8-5-6-9-13/h5-6,8-10H,3-4,7H2,1-2H3/b11-10-. The van der Waals surface area contributed by atoms with Crippen molar-refractivity contribution in [2.45, 2.75) is 33.1 Å². The van der Waals surface area contributed by atoms with Crippen LogP contribution in [0.15, 0.2) is 36.2 Å². The molecular weight excluding hydrogens is 174 g/mol. The predicted octanol–water partition coefficient (Wildman–Crippen LogP) is 3.26. The van der Waals surface area contributed by atoms with Gasteiger partial charge in [-0.2, -0.15) is 0 Å². The zero-order valence-corrected chi connectivity index (χ0v) is 8.86. The molecule has 0 saturated heterocycles. The van der Waals surface area contributed by atoms with Crippen molar-refractivity contribution >= 4 is 5.91 Å². The SMILES string of the molecule is CCCC/C(C)=C\C(=O)n1cccc1. The van der Waals surface area contributed by atoms with Gasteiger partial charge in [-0.05, 0) is 31.9 Å². The van der Waals surface area contributed by atoms with Crippen molar-refractivity contribution in [1.29, 1.82) is 0 Å². The number of allylic oxidation sites excluding steroid dienone is 2. The van der Waals surface area contributed by atoms with Crippen LogP contribution in [-0.4, -0.2) is 10.5 Å². The van der Waals surface area contributed by atoms with Crippen molar-refractivity contribution in [3.63, 3.8) is 0 Å². The molecule has 0 fully saturated rings. The molecule has 0 N–H and O–H groups in total. The first-order valence-electron chi connectivity index (χ1n) is 5.08. The van der Waals surface area contributed by atoms with Crippen LogP contribution in [0.25, 0.3) is 0 Å². The fourth-order valence-electron chi connectivity index (χ4n) is 1.29. The summed E-state index contributed by atoms with van der Waals surface area (Å²) >= 11 is 0. The number of unbranched alkanes of at least 4 members (excludes halogenated alkanes) is 1. The third-order valence-electron chi connectivity index (χ3n) is 2.15. The van der Waals surface area contributed by atoms with Gasteiger partial charge in [0.25, 0.3) is 5.91 Å². The molecule has 2 nitrogen and oxygen atoms in total. The van der Waals surface area contributed by atoms with Gasteiger partial charge in [0, 0.05) is 18.5 Å². The summed E-state index contributed by atoms with van der Waals surface area (Å²) in [5.74, 6) is 0.0450. The van der Waals surface area contributed by atoms with Crippen molar-refractivity contribution in [1.82, 2.24) is 4.57 Å². The lowest BCUT2D eigenvalue weighted by Crippen LogP contribution is -2.04. The highest BCUT2D eigenvalue weighted by atomic mass is 16.1. The maximum Gasteiger partial charge on any atom is 0.254 e. The molecule has 0 radical (unpaired) electrons. The van der Waals surface area contributed by atoms with E-state index in [1.54, 1.807) is 23.0 Å². The van der Waals surface area contributed by atoms with Crippen molar-refractivity contribution in [2.75, 3.05) is 0 Å². The summed E-state index contributed by atoms with van der Waals surface area (Å²) in [5, 5.41) is 0. The minimum Gasteiger partial charge on any atom is -0.291 e. The van der Waals surface area contributed by atoms with E-state index >= 15 is 0 Å². The van der Waals surface area contributed by atoms with Gasteiger partial charge in [0.1, 0.15) is 0 Å². The maximum atomic E-state index is 11.6. The van der Waals surface area contributed by atoms with Gasteiger partial charge >= 0.3 is 0 Å². The quantitative estimate of drug-likeness (QED) is 0.669. The molecular formula is C12H17NO.